The summed E-state index contributed by atoms with van der Waals surface area (Å²) in [5.41, 5.74) is 3.33. The molecule has 0 atom stereocenters. The van der Waals surface area contributed by atoms with Crippen LogP contribution >= 0.6 is 0 Å². The molecule has 0 aliphatic carbocycles. The van der Waals surface area contributed by atoms with Crippen molar-refractivity contribution in [3.05, 3.63) is 47.5 Å². The Kier molecular flexibility index (Phi) is 5.77. The van der Waals surface area contributed by atoms with E-state index in [-0.39, 0.29) is 5.91 Å². The van der Waals surface area contributed by atoms with E-state index < -0.39 is 0 Å². The van der Waals surface area contributed by atoms with Crippen LogP contribution in [0.2, 0.25) is 0 Å². The monoisotopic (exact) mass is 430 g/mol. The molecule has 8 heteroatoms. The first-order valence-corrected chi connectivity index (χ1v) is 11.1. The summed E-state index contributed by atoms with van der Waals surface area (Å²) in [6, 6.07) is 9.98. The Morgan fingerprint density at radius 2 is 1.84 bits per heavy atom. The molecule has 2 saturated heterocycles. The Labute approximate surface area is 186 Å². The molecule has 3 aromatic rings. The van der Waals surface area contributed by atoms with Crippen LogP contribution in [0.1, 0.15) is 42.9 Å². The average Bonchev–Trinajstić information content (AvgIpc) is 3.24. The fourth-order valence-corrected chi connectivity index (χ4v) is 4.09. The Hall–Kier alpha value is -3.39. The first-order chi connectivity index (χ1) is 15.7. The molecule has 1 aromatic carbocycles. The number of fused-ring (bicyclic) bond motifs is 1. The minimum atomic E-state index is 0.104. The third-order valence-corrected chi connectivity index (χ3v) is 5.82. The van der Waals surface area contributed by atoms with Gasteiger partial charge in [-0.1, -0.05) is 12.1 Å². The number of aromatic nitrogens is 4. The highest BCUT2D eigenvalue weighted by molar-refractivity contribution is 5.94. The zero-order valence-electron chi connectivity index (χ0n) is 18.1. The first kappa shape index (κ1) is 20.5. The topological polar surface area (TPSA) is 93.1 Å². The zero-order chi connectivity index (χ0) is 21.9. The minimum Gasteiger partial charge on any atom is -0.381 e. The van der Waals surface area contributed by atoms with Gasteiger partial charge in [-0.2, -0.15) is 0 Å². The molecule has 1 N–H and O–H groups in total. The van der Waals surface area contributed by atoms with Crippen LogP contribution < -0.4 is 10.2 Å². The highest BCUT2D eigenvalue weighted by Crippen LogP contribution is 2.24. The second-order valence-electron chi connectivity index (χ2n) is 8.17. The fraction of sp³-hybridized carbons (Fsp3) is 0.375. The molecule has 0 radical (unpaired) electrons. The highest BCUT2D eigenvalue weighted by Gasteiger charge is 2.24. The average molecular weight is 431 g/mol. The number of hydrogen-bond acceptors (Lipinski definition) is 7. The molecule has 0 bridgehead atoms. The Bertz CT molecular complexity index is 1170. The number of anilines is 2. The number of carbonyl (C=O) groups excluding carboxylic acids is 1. The third kappa shape index (κ3) is 4.45. The minimum absolute atomic E-state index is 0.104. The van der Waals surface area contributed by atoms with Crippen LogP contribution in [0.5, 0.6) is 0 Å². The van der Waals surface area contributed by atoms with Gasteiger partial charge >= 0.3 is 0 Å². The number of benzene rings is 1. The molecule has 1 amide bonds. The lowest BCUT2D eigenvalue weighted by atomic mass is 10.1. The molecular formula is C24H26N6O2. The van der Waals surface area contributed by atoms with E-state index in [0.717, 1.165) is 60.7 Å². The van der Waals surface area contributed by atoms with Gasteiger partial charge in [0, 0.05) is 38.3 Å². The summed E-state index contributed by atoms with van der Waals surface area (Å²) >= 11 is 0. The van der Waals surface area contributed by atoms with Crippen molar-refractivity contribution < 1.29 is 9.53 Å². The lowest BCUT2D eigenvalue weighted by molar-refractivity contribution is -0.117. The third-order valence-electron chi connectivity index (χ3n) is 5.82. The number of carbonyl (C=O) groups is 1. The van der Waals surface area contributed by atoms with Crippen LogP contribution in [-0.4, -0.2) is 51.6 Å². The second-order valence-corrected chi connectivity index (χ2v) is 8.17. The van der Waals surface area contributed by atoms with E-state index in [1.807, 2.05) is 49.4 Å². The smallest absolute Gasteiger partial charge is 0.228 e. The quantitative estimate of drug-likeness (QED) is 0.661. The number of nitrogens with zero attached hydrogens (tertiary/aromatic N) is 5. The molecule has 4 heterocycles. The van der Waals surface area contributed by atoms with Crippen molar-refractivity contribution >= 4 is 40.7 Å². The van der Waals surface area contributed by atoms with Crippen molar-refractivity contribution in [1.29, 1.82) is 0 Å². The van der Waals surface area contributed by atoms with Gasteiger partial charge in [0.2, 0.25) is 5.91 Å². The van der Waals surface area contributed by atoms with E-state index in [2.05, 4.69) is 15.3 Å². The Balaban J connectivity index is 1.47. The van der Waals surface area contributed by atoms with Crippen LogP contribution in [-0.2, 0) is 9.53 Å². The number of rotatable bonds is 5. The summed E-state index contributed by atoms with van der Waals surface area (Å²) in [6.45, 7) is 4.11. The van der Waals surface area contributed by atoms with E-state index in [0.29, 0.717) is 30.6 Å². The van der Waals surface area contributed by atoms with Gasteiger partial charge in [0.1, 0.15) is 11.6 Å². The van der Waals surface area contributed by atoms with Gasteiger partial charge < -0.3 is 10.1 Å². The molecule has 2 aromatic heterocycles. The first-order valence-electron chi connectivity index (χ1n) is 11.1. The predicted octanol–water partition coefficient (Wildman–Crippen LogP) is 3.62. The lowest BCUT2D eigenvalue weighted by Crippen LogP contribution is -2.29. The molecule has 32 heavy (non-hydrogen) atoms. The number of aryl methyl sites for hydroxylation is 1. The normalized spacial score (nSPS) is 17.5. The molecule has 0 saturated carbocycles. The Morgan fingerprint density at radius 3 is 2.59 bits per heavy atom. The van der Waals surface area contributed by atoms with E-state index >= 15 is 0 Å². The zero-order valence-corrected chi connectivity index (χ0v) is 18.1. The molecule has 2 fully saturated rings. The summed E-state index contributed by atoms with van der Waals surface area (Å²) in [5.74, 6) is 2.00. The molecule has 5 rings (SSSR count). The summed E-state index contributed by atoms with van der Waals surface area (Å²) in [4.78, 5) is 32.8. The molecule has 164 valence electrons. The van der Waals surface area contributed by atoms with Crippen molar-refractivity contribution in [3.8, 4) is 0 Å². The van der Waals surface area contributed by atoms with Crippen molar-refractivity contribution in [2.45, 2.75) is 38.6 Å². The number of hydrogen-bond donors (Lipinski definition) is 1. The van der Waals surface area contributed by atoms with E-state index in [1.165, 1.54) is 0 Å². The Morgan fingerprint density at radius 1 is 1.06 bits per heavy atom. The predicted molar refractivity (Wildman–Crippen MR) is 124 cm³/mol. The van der Waals surface area contributed by atoms with Gasteiger partial charge in [-0.05, 0) is 50.5 Å². The summed E-state index contributed by atoms with van der Waals surface area (Å²) in [6.07, 6.45) is 6.99. The second kappa shape index (κ2) is 9.00. The van der Waals surface area contributed by atoms with Crippen LogP contribution in [0, 0.1) is 6.92 Å². The highest BCUT2D eigenvalue weighted by atomic mass is 16.5. The number of nitrogens with one attached hydrogen (secondary N) is 1. The van der Waals surface area contributed by atoms with E-state index in [9.17, 15) is 4.79 Å². The molecule has 0 unspecified atom stereocenters. The van der Waals surface area contributed by atoms with Gasteiger partial charge in [0.25, 0.3) is 0 Å². The number of amides is 1. The van der Waals surface area contributed by atoms with Crippen LogP contribution in [0.15, 0.2) is 30.3 Å². The molecule has 2 aliphatic rings. The summed E-state index contributed by atoms with van der Waals surface area (Å²) in [7, 11) is 0. The molecular weight excluding hydrogens is 404 g/mol. The van der Waals surface area contributed by atoms with Crippen molar-refractivity contribution in [3.63, 3.8) is 0 Å². The molecule has 8 nitrogen and oxygen atoms in total. The van der Waals surface area contributed by atoms with Gasteiger partial charge in [-0.15, -0.1) is 0 Å². The number of ether oxygens (including phenoxy) is 1. The van der Waals surface area contributed by atoms with Crippen molar-refractivity contribution in [2.24, 2.45) is 0 Å². The van der Waals surface area contributed by atoms with Gasteiger partial charge in [-0.25, -0.2) is 19.9 Å². The maximum Gasteiger partial charge on any atom is 0.228 e. The summed E-state index contributed by atoms with van der Waals surface area (Å²) < 4.78 is 5.46. The lowest BCUT2D eigenvalue weighted by Gasteiger charge is -2.24. The molecule has 0 spiro atoms. The summed E-state index contributed by atoms with van der Waals surface area (Å²) in [5, 5.41) is 3.50. The van der Waals surface area contributed by atoms with Crippen LogP contribution in [0.25, 0.3) is 23.2 Å². The van der Waals surface area contributed by atoms with E-state index in [1.54, 1.807) is 4.90 Å². The largest absolute Gasteiger partial charge is 0.381 e. The molecule has 2 aliphatic heterocycles. The maximum absolute atomic E-state index is 12.3. The van der Waals surface area contributed by atoms with Gasteiger partial charge in [0.15, 0.2) is 5.82 Å². The fourth-order valence-electron chi connectivity index (χ4n) is 4.09. The van der Waals surface area contributed by atoms with Gasteiger partial charge in [-0.3, -0.25) is 9.69 Å². The van der Waals surface area contributed by atoms with E-state index in [4.69, 9.17) is 14.7 Å². The van der Waals surface area contributed by atoms with Crippen molar-refractivity contribution in [1.82, 2.24) is 19.9 Å². The van der Waals surface area contributed by atoms with Gasteiger partial charge in [0.05, 0.1) is 22.4 Å². The van der Waals surface area contributed by atoms with Crippen LogP contribution in [0.4, 0.5) is 11.6 Å². The standard InChI is InChI=1S/C24H26N6O2/c1-16-18(27-20-6-3-2-5-19(20)25-16)8-9-21-28-22(26-17-10-13-32-14-11-17)15-23(29-21)30-12-4-7-24(30)31/h2-3,5-6,8-9,15,17H,4,7,10-14H2,1H3,(H,26,28,29). The van der Waals surface area contributed by atoms with Crippen LogP contribution in [0.3, 0.4) is 0 Å². The van der Waals surface area contributed by atoms with Crippen molar-refractivity contribution in [2.75, 3.05) is 30.0 Å². The number of para-hydroxylation sites is 2. The maximum atomic E-state index is 12.3. The SMILES string of the molecule is Cc1nc2ccccc2nc1C=Cc1nc(NC2CCOCC2)cc(N2CCCC2=O)n1.